The Bertz CT molecular complexity index is 1140. The van der Waals surface area contributed by atoms with Crippen LogP contribution in [0.1, 0.15) is 44.7 Å². The average molecular weight is 456 g/mol. The van der Waals surface area contributed by atoms with Crippen molar-refractivity contribution >= 4 is 21.6 Å². The third kappa shape index (κ3) is 4.17. The molecule has 32 heavy (non-hydrogen) atoms. The van der Waals surface area contributed by atoms with Crippen molar-refractivity contribution in [3.05, 3.63) is 59.7 Å². The van der Waals surface area contributed by atoms with Crippen molar-refractivity contribution in [2.24, 2.45) is 4.99 Å². The van der Waals surface area contributed by atoms with E-state index in [0.717, 1.165) is 5.56 Å². The highest BCUT2D eigenvalue weighted by Gasteiger charge is 2.44. The number of carbonyl (C=O) groups excluding carboxylic acids is 1. The van der Waals surface area contributed by atoms with Crippen LogP contribution >= 0.6 is 0 Å². The molecule has 1 spiro atoms. The molecule has 8 heteroatoms. The first-order chi connectivity index (χ1) is 15.0. The number of hydrogen-bond acceptors (Lipinski definition) is 5. The van der Waals surface area contributed by atoms with Crippen LogP contribution in [0.2, 0.25) is 0 Å². The Hall–Kier alpha value is -2.71. The number of nitrogens with zero attached hydrogens (tertiary/aromatic N) is 2. The van der Waals surface area contributed by atoms with Crippen molar-refractivity contribution in [3.63, 3.8) is 0 Å². The lowest BCUT2D eigenvalue weighted by atomic mass is 9.87. The van der Waals surface area contributed by atoms with Gasteiger partial charge in [-0.3, -0.25) is 9.79 Å². The largest absolute Gasteiger partial charge is 0.497 e. The van der Waals surface area contributed by atoms with Gasteiger partial charge in [-0.1, -0.05) is 32.9 Å². The Morgan fingerprint density at radius 3 is 2.12 bits per heavy atom. The Labute approximate surface area is 189 Å². The van der Waals surface area contributed by atoms with Gasteiger partial charge < -0.3 is 10.1 Å². The van der Waals surface area contributed by atoms with Gasteiger partial charge >= 0.3 is 0 Å². The summed E-state index contributed by atoms with van der Waals surface area (Å²) in [5.74, 6) is 0.473. The summed E-state index contributed by atoms with van der Waals surface area (Å²) in [5.41, 5.74) is 1.38. The second kappa shape index (κ2) is 8.01. The molecule has 1 amide bonds. The maximum atomic E-state index is 13.2. The lowest BCUT2D eigenvalue weighted by Crippen LogP contribution is -2.52. The summed E-state index contributed by atoms with van der Waals surface area (Å²) in [6.07, 6.45) is 0.857. The zero-order valence-electron chi connectivity index (χ0n) is 18.9. The quantitative estimate of drug-likeness (QED) is 0.767. The summed E-state index contributed by atoms with van der Waals surface area (Å²) in [6.45, 7) is 6.87. The SMILES string of the molecule is COc1ccc(C2=NC3(CCN(S(=O)(=O)c4ccc(C(C)(C)C)cc4)CC3)NC2=O)cc1. The Balaban J connectivity index is 1.49. The number of ether oxygens (including phenoxy) is 1. The molecule has 0 aromatic heterocycles. The highest BCUT2D eigenvalue weighted by molar-refractivity contribution is 7.89. The van der Waals surface area contributed by atoms with E-state index in [4.69, 9.17) is 9.73 Å². The second-order valence-electron chi connectivity index (χ2n) is 9.35. The van der Waals surface area contributed by atoms with Gasteiger partial charge in [-0.05, 0) is 47.4 Å². The van der Waals surface area contributed by atoms with Crippen LogP contribution in [-0.4, -0.2) is 50.2 Å². The first-order valence-corrected chi connectivity index (χ1v) is 12.2. The zero-order valence-corrected chi connectivity index (χ0v) is 19.7. The molecule has 4 rings (SSSR count). The third-order valence-electron chi connectivity index (χ3n) is 6.16. The molecule has 0 aliphatic carbocycles. The minimum atomic E-state index is -3.60. The lowest BCUT2D eigenvalue weighted by Gasteiger charge is -2.36. The Morgan fingerprint density at radius 2 is 1.59 bits per heavy atom. The molecule has 2 aromatic carbocycles. The van der Waals surface area contributed by atoms with E-state index in [1.807, 2.05) is 12.1 Å². The number of amides is 1. The molecule has 2 aromatic rings. The van der Waals surface area contributed by atoms with E-state index in [-0.39, 0.29) is 11.3 Å². The third-order valence-corrected chi connectivity index (χ3v) is 8.07. The van der Waals surface area contributed by atoms with Crippen LogP contribution in [0.15, 0.2) is 58.4 Å². The van der Waals surface area contributed by atoms with Gasteiger partial charge in [-0.2, -0.15) is 4.31 Å². The highest BCUT2D eigenvalue weighted by Crippen LogP contribution is 2.32. The van der Waals surface area contributed by atoms with Crippen LogP contribution in [0.5, 0.6) is 5.75 Å². The summed E-state index contributed by atoms with van der Waals surface area (Å²) >= 11 is 0. The van der Waals surface area contributed by atoms with Gasteiger partial charge in [-0.15, -0.1) is 0 Å². The van der Waals surface area contributed by atoms with E-state index in [1.165, 1.54) is 4.31 Å². The number of rotatable bonds is 4. The number of carbonyl (C=O) groups is 1. The van der Waals surface area contributed by atoms with Gasteiger partial charge in [0, 0.05) is 31.5 Å². The van der Waals surface area contributed by atoms with Gasteiger partial charge in [0.05, 0.1) is 12.0 Å². The standard InChI is InChI=1S/C24H29N3O4S/c1-23(2,3)18-7-11-20(12-8-18)32(29,30)27-15-13-24(14-16-27)25-21(22(28)26-24)17-5-9-19(31-4)10-6-17/h5-12H,13-16H2,1-4H3,(H,26,28). The number of hydrogen-bond donors (Lipinski definition) is 1. The fourth-order valence-electron chi connectivity index (χ4n) is 4.12. The minimum Gasteiger partial charge on any atom is -0.497 e. The molecule has 1 fully saturated rings. The van der Waals surface area contributed by atoms with Crippen molar-refractivity contribution in [1.82, 2.24) is 9.62 Å². The van der Waals surface area contributed by atoms with Crippen molar-refractivity contribution in [2.75, 3.05) is 20.2 Å². The summed E-state index contributed by atoms with van der Waals surface area (Å²) in [7, 11) is -2.01. The summed E-state index contributed by atoms with van der Waals surface area (Å²) < 4.78 is 33.0. The number of piperidine rings is 1. The van der Waals surface area contributed by atoms with E-state index in [9.17, 15) is 13.2 Å². The Morgan fingerprint density at radius 1 is 1.00 bits per heavy atom. The van der Waals surface area contributed by atoms with E-state index in [1.54, 1.807) is 43.5 Å². The first kappa shape index (κ1) is 22.5. The maximum absolute atomic E-state index is 13.2. The molecule has 2 aliphatic rings. The number of sulfonamides is 1. The molecule has 2 aliphatic heterocycles. The molecular formula is C24H29N3O4S. The monoisotopic (exact) mass is 455 g/mol. The fraction of sp³-hybridized carbons (Fsp3) is 0.417. The molecule has 0 unspecified atom stereocenters. The molecule has 0 saturated carbocycles. The van der Waals surface area contributed by atoms with Crippen LogP contribution in [0.25, 0.3) is 0 Å². The van der Waals surface area contributed by atoms with Gasteiger partial charge in [0.1, 0.15) is 17.1 Å². The summed E-state index contributed by atoms with van der Waals surface area (Å²) in [5, 5.41) is 2.99. The highest BCUT2D eigenvalue weighted by atomic mass is 32.2. The molecule has 7 nitrogen and oxygen atoms in total. The summed E-state index contributed by atoms with van der Waals surface area (Å²) in [6, 6.07) is 14.3. The molecular weight excluding hydrogens is 426 g/mol. The predicted molar refractivity (Wildman–Crippen MR) is 124 cm³/mol. The topological polar surface area (TPSA) is 88.1 Å². The van der Waals surface area contributed by atoms with Crippen LogP contribution in [0, 0.1) is 0 Å². The lowest BCUT2D eigenvalue weighted by molar-refractivity contribution is -0.115. The van der Waals surface area contributed by atoms with Crippen molar-refractivity contribution in [3.8, 4) is 5.75 Å². The van der Waals surface area contributed by atoms with Crippen LogP contribution in [-0.2, 0) is 20.2 Å². The van der Waals surface area contributed by atoms with Gasteiger partial charge in [0.25, 0.3) is 5.91 Å². The molecule has 1 saturated heterocycles. The van der Waals surface area contributed by atoms with E-state index in [0.29, 0.717) is 47.9 Å². The summed E-state index contributed by atoms with van der Waals surface area (Å²) in [4.78, 5) is 17.6. The fourth-order valence-corrected chi connectivity index (χ4v) is 5.56. The van der Waals surface area contributed by atoms with E-state index >= 15 is 0 Å². The van der Waals surface area contributed by atoms with Gasteiger partial charge in [0.2, 0.25) is 10.0 Å². The van der Waals surface area contributed by atoms with Crippen molar-refractivity contribution < 1.29 is 17.9 Å². The minimum absolute atomic E-state index is 0.0416. The molecule has 0 atom stereocenters. The molecule has 0 radical (unpaired) electrons. The zero-order chi connectivity index (χ0) is 23.1. The smallest absolute Gasteiger partial charge is 0.272 e. The van der Waals surface area contributed by atoms with Gasteiger partial charge in [-0.25, -0.2) is 8.42 Å². The maximum Gasteiger partial charge on any atom is 0.272 e. The normalized spacial score (nSPS) is 19.0. The average Bonchev–Trinajstić information content (AvgIpc) is 3.09. The number of nitrogens with one attached hydrogen (secondary N) is 1. The van der Waals surface area contributed by atoms with E-state index in [2.05, 4.69) is 26.1 Å². The number of benzene rings is 2. The van der Waals surface area contributed by atoms with Crippen molar-refractivity contribution in [2.45, 2.75) is 49.6 Å². The number of aliphatic imine (C=N–C) groups is 1. The molecule has 1 N–H and O–H groups in total. The van der Waals surface area contributed by atoms with Crippen LogP contribution < -0.4 is 10.1 Å². The molecule has 2 heterocycles. The Kier molecular flexibility index (Phi) is 5.63. The predicted octanol–water partition coefficient (Wildman–Crippen LogP) is 3.09. The second-order valence-corrected chi connectivity index (χ2v) is 11.3. The first-order valence-electron chi connectivity index (χ1n) is 10.7. The van der Waals surface area contributed by atoms with Crippen LogP contribution in [0.3, 0.4) is 0 Å². The van der Waals surface area contributed by atoms with Crippen molar-refractivity contribution in [1.29, 1.82) is 0 Å². The number of methoxy groups -OCH3 is 1. The van der Waals surface area contributed by atoms with Gasteiger partial charge in [0.15, 0.2) is 0 Å². The van der Waals surface area contributed by atoms with Crippen LogP contribution in [0.4, 0.5) is 0 Å². The molecule has 170 valence electrons. The molecule has 0 bridgehead atoms. The van der Waals surface area contributed by atoms with E-state index < -0.39 is 15.7 Å².